The van der Waals surface area contributed by atoms with E-state index in [2.05, 4.69) is 0 Å². The second-order valence-corrected chi connectivity index (χ2v) is 6.65. The van der Waals surface area contributed by atoms with Gasteiger partial charge in [0, 0.05) is 11.8 Å². The van der Waals surface area contributed by atoms with Crippen LogP contribution in [0.5, 0.6) is 11.5 Å². The minimum Gasteiger partial charge on any atom is -0.426 e. The molecule has 0 aliphatic carbocycles. The molecule has 2 aliphatic rings. The quantitative estimate of drug-likeness (QED) is 0.592. The largest absolute Gasteiger partial charge is 0.426 e. The maximum absolute atomic E-state index is 12.1. The van der Waals surface area contributed by atoms with Crippen LogP contribution in [0.4, 0.5) is 0 Å². The lowest BCUT2D eigenvalue weighted by Gasteiger charge is -2.34. The summed E-state index contributed by atoms with van der Waals surface area (Å²) in [6.45, 7) is 3.93. The summed E-state index contributed by atoms with van der Waals surface area (Å²) in [5.41, 5.74) is 4.07. The normalized spacial score (nSPS) is 22.2. The summed E-state index contributed by atoms with van der Waals surface area (Å²) in [6.07, 6.45) is 0.558. The SMILES string of the molecule is Cc1ccc2c(c1)OC(=O)CC2C1CC(=O)Oc2cc(C)ccc21. The molecule has 2 aromatic carbocycles. The van der Waals surface area contributed by atoms with Crippen LogP contribution in [-0.2, 0) is 9.59 Å². The van der Waals surface area contributed by atoms with E-state index in [1.54, 1.807) is 0 Å². The molecule has 2 aliphatic heterocycles. The Bertz CT molecular complexity index is 781. The van der Waals surface area contributed by atoms with E-state index >= 15 is 0 Å². The lowest BCUT2D eigenvalue weighted by molar-refractivity contribution is -0.139. The molecule has 122 valence electrons. The molecule has 4 rings (SSSR count). The standard InChI is InChI=1S/C20H18O4/c1-11-3-5-13-15(9-19(21)23-17(13)7-11)16-10-20(22)24-18-8-12(2)4-6-14(16)18/h3-8,15-16H,9-10H2,1-2H3. The average Bonchev–Trinajstić information content (AvgIpc) is 2.52. The zero-order valence-corrected chi connectivity index (χ0v) is 13.7. The first kappa shape index (κ1) is 14.9. The molecule has 0 bridgehead atoms. The highest BCUT2D eigenvalue weighted by Crippen LogP contribution is 2.48. The maximum atomic E-state index is 12.1. The number of ether oxygens (including phenoxy) is 2. The number of aryl methyl sites for hydroxylation is 2. The summed E-state index contributed by atoms with van der Waals surface area (Å²) in [7, 11) is 0. The predicted molar refractivity (Wildman–Crippen MR) is 88.3 cm³/mol. The first-order valence-corrected chi connectivity index (χ1v) is 8.14. The number of benzene rings is 2. The van der Waals surface area contributed by atoms with Gasteiger partial charge in [0.25, 0.3) is 0 Å². The summed E-state index contributed by atoms with van der Waals surface area (Å²) in [6, 6.07) is 11.8. The third-order valence-corrected chi connectivity index (χ3v) is 4.84. The van der Waals surface area contributed by atoms with Crippen molar-refractivity contribution in [2.24, 2.45) is 0 Å². The van der Waals surface area contributed by atoms with Crippen LogP contribution in [0.25, 0.3) is 0 Å². The average molecular weight is 322 g/mol. The van der Waals surface area contributed by atoms with E-state index in [0.29, 0.717) is 11.5 Å². The Balaban J connectivity index is 1.82. The van der Waals surface area contributed by atoms with E-state index in [0.717, 1.165) is 22.3 Å². The van der Waals surface area contributed by atoms with E-state index in [-0.39, 0.29) is 36.6 Å². The molecule has 24 heavy (non-hydrogen) atoms. The minimum atomic E-state index is -0.245. The van der Waals surface area contributed by atoms with Crippen molar-refractivity contribution in [3.63, 3.8) is 0 Å². The summed E-state index contributed by atoms with van der Waals surface area (Å²) < 4.78 is 10.8. The van der Waals surface area contributed by atoms with Crippen molar-refractivity contribution < 1.29 is 19.1 Å². The molecule has 0 fully saturated rings. The van der Waals surface area contributed by atoms with Crippen LogP contribution in [-0.4, -0.2) is 11.9 Å². The van der Waals surface area contributed by atoms with E-state index in [1.165, 1.54) is 0 Å². The number of carbonyl (C=O) groups excluding carboxylic acids is 2. The Kier molecular flexibility index (Phi) is 3.41. The molecular formula is C20H18O4. The number of fused-ring (bicyclic) bond motifs is 2. The molecule has 0 saturated carbocycles. The van der Waals surface area contributed by atoms with Crippen LogP contribution >= 0.6 is 0 Å². The van der Waals surface area contributed by atoms with Crippen molar-refractivity contribution in [2.45, 2.75) is 38.5 Å². The fraction of sp³-hybridized carbons (Fsp3) is 0.300. The van der Waals surface area contributed by atoms with E-state index in [1.807, 2.05) is 50.2 Å². The van der Waals surface area contributed by atoms with Crippen molar-refractivity contribution in [3.05, 3.63) is 58.7 Å². The van der Waals surface area contributed by atoms with Crippen molar-refractivity contribution in [2.75, 3.05) is 0 Å². The molecule has 0 N–H and O–H groups in total. The highest BCUT2D eigenvalue weighted by molar-refractivity contribution is 5.80. The molecule has 4 heteroatoms. The Morgan fingerprint density at radius 2 is 1.17 bits per heavy atom. The summed E-state index contributed by atoms with van der Waals surface area (Å²) in [5, 5.41) is 0. The topological polar surface area (TPSA) is 52.6 Å². The van der Waals surface area contributed by atoms with Gasteiger partial charge in [0.15, 0.2) is 0 Å². The first-order valence-electron chi connectivity index (χ1n) is 8.14. The molecule has 2 aromatic rings. The Hall–Kier alpha value is -2.62. The third-order valence-electron chi connectivity index (χ3n) is 4.84. The van der Waals surface area contributed by atoms with Crippen LogP contribution < -0.4 is 9.47 Å². The van der Waals surface area contributed by atoms with Crippen LogP contribution in [0, 0.1) is 13.8 Å². The highest BCUT2D eigenvalue weighted by atomic mass is 16.5. The molecule has 0 saturated heterocycles. The van der Waals surface area contributed by atoms with Gasteiger partial charge in [-0.05, 0) is 48.2 Å². The van der Waals surface area contributed by atoms with E-state index in [9.17, 15) is 9.59 Å². The Morgan fingerprint density at radius 3 is 1.58 bits per heavy atom. The molecule has 4 nitrogen and oxygen atoms in total. The number of rotatable bonds is 1. The minimum absolute atomic E-state index is 0.0730. The molecule has 0 spiro atoms. The van der Waals surface area contributed by atoms with Gasteiger partial charge in [-0.1, -0.05) is 24.3 Å². The van der Waals surface area contributed by atoms with Gasteiger partial charge in [-0.2, -0.15) is 0 Å². The highest BCUT2D eigenvalue weighted by Gasteiger charge is 2.39. The Labute approximate surface area is 140 Å². The van der Waals surface area contributed by atoms with E-state index < -0.39 is 0 Å². The molecular weight excluding hydrogens is 304 g/mol. The van der Waals surface area contributed by atoms with Crippen LogP contribution in [0.3, 0.4) is 0 Å². The van der Waals surface area contributed by atoms with Crippen molar-refractivity contribution >= 4 is 11.9 Å². The van der Waals surface area contributed by atoms with Gasteiger partial charge in [-0.15, -0.1) is 0 Å². The van der Waals surface area contributed by atoms with Gasteiger partial charge in [-0.25, -0.2) is 0 Å². The van der Waals surface area contributed by atoms with Gasteiger partial charge in [0.2, 0.25) is 0 Å². The zero-order valence-electron chi connectivity index (χ0n) is 13.7. The molecule has 0 aromatic heterocycles. The second kappa shape index (κ2) is 5.48. The predicted octanol–water partition coefficient (Wildman–Crippen LogP) is 3.79. The molecule has 0 amide bonds. The number of hydrogen-bond acceptors (Lipinski definition) is 4. The number of esters is 2. The Morgan fingerprint density at radius 1 is 0.750 bits per heavy atom. The fourth-order valence-corrected chi connectivity index (χ4v) is 3.70. The van der Waals surface area contributed by atoms with Crippen molar-refractivity contribution in [3.8, 4) is 11.5 Å². The van der Waals surface area contributed by atoms with Crippen molar-refractivity contribution in [1.29, 1.82) is 0 Å². The van der Waals surface area contributed by atoms with Crippen molar-refractivity contribution in [1.82, 2.24) is 0 Å². The first-order chi connectivity index (χ1) is 11.5. The smallest absolute Gasteiger partial charge is 0.311 e. The second-order valence-electron chi connectivity index (χ2n) is 6.65. The lowest BCUT2D eigenvalue weighted by Crippen LogP contribution is -2.29. The monoisotopic (exact) mass is 322 g/mol. The van der Waals surface area contributed by atoms with Gasteiger partial charge in [0.05, 0.1) is 12.8 Å². The number of carbonyl (C=O) groups is 2. The summed E-state index contributed by atoms with van der Waals surface area (Å²) in [4.78, 5) is 24.2. The number of hydrogen-bond donors (Lipinski definition) is 0. The molecule has 2 heterocycles. The van der Waals surface area contributed by atoms with Crippen LogP contribution in [0.2, 0.25) is 0 Å². The zero-order chi connectivity index (χ0) is 16.8. The van der Waals surface area contributed by atoms with Gasteiger partial charge in [-0.3, -0.25) is 9.59 Å². The van der Waals surface area contributed by atoms with Crippen LogP contribution in [0.15, 0.2) is 36.4 Å². The van der Waals surface area contributed by atoms with Gasteiger partial charge < -0.3 is 9.47 Å². The lowest BCUT2D eigenvalue weighted by atomic mass is 9.75. The summed E-state index contributed by atoms with van der Waals surface area (Å²) >= 11 is 0. The van der Waals surface area contributed by atoms with Gasteiger partial charge >= 0.3 is 11.9 Å². The van der Waals surface area contributed by atoms with Gasteiger partial charge in [0.1, 0.15) is 11.5 Å². The third kappa shape index (κ3) is 2.48. The van der Waals surface area contributed by atoms with Crippen LogP contribution in [0.1, 0.15) is 46.9 Å². The van der Waals surface area contributed by atoms with E-state index in [4.69, 9.17) is 9.47 Å². The molecule has 2 atom stereocenters. The summed E-state index contributed by atoms with van der Waals surface area (Å²) in [5.74, 6) is 0.594. The molecule has 0 radical (unpaired) electrons. The maximum Gasteiger partial charge on any atom is 0.311 e. The molecule has 2 unspecified atom stereocenters. The fourth-order valence-electron chi connectivity index (χ4n) is 3.70.